The summed E-state index contributed by atoms with van der Waals surface area (Å²) >= 11 is 0. The van der Waals surface area contributed by atoms with Gasteiger partial charge in [-0.3, -0.25) is 4.79 Å². The van der Waals surface area contributed by atoms with Gasteiger partial charge in [0.1, 0.15) is 17.6 Å². The summed E-state index contributed by atoms with van der Waals surface area (Å²) in [6.07, 6.45) is 3.03. The van der Waals surface area contributed by atoms with E-state index in [0.717, 1.165) is 19.3 Å². The molecular weight excluding hydrogens is 318 g/mol. The van der Waals surface area contributed by atoms with Crippen LogP contribution in [0.1, 0.15) is 30.6 Å². The van der Waals surface area contributed by atoms with Crippen molar-refractivity contribution in [3.05, 3.63) is 64.2 Å². The Morgan fingerprint density at radius 2 is 2.08 bits per heavy atom. The van der Waals surface area contributed by atoms with E-state index < -0.39 is 5.63 Å². The van der Waals surface area contributed by atoms with Gasteiger partial charge >= 0.3 is 5.63 Å². The second kappa shape index (κ2) is 8.01. The van der Waals surface area contributed by atoms with Crippen molar-refractivity contribution < 1.29 is 13.9 Å². The Balaban J connectivity index is 1.45. The molecule has 1 saturated heterocycles. The quantitative estimate of drug-likeness (QED) is 0.810. The number of amides is 1. The van der Waals surface area contributed by atoms with Crippen LogP contribution in [0, 0.1) is 6.92 Å². The number of hydrogen-bond acceptors (Lipinski definition) is 4. The fourth-order valence-corrected chi connectivity index (χ4v) is 3.13. The van der Waals surface area contributed by atoms with Crippen molar-refractivity contribution in [2.24, 2.45) is 0 Å². The summed E-state index contributed by atoms with van der Waals surface area (Å²) in [5.74, 6) is 1.21. The lowest BCUT2D eigenvalue weighted by Crippen LogP contribution is -2.30. The van der Waals surface area contributed by atoms with Crippen LogP contribution in [0.2, 0.25) is 0 Å². The number of aryl methyl sites for hydroxylation is 2. The van der Waals surface area contributed by atoms with Gasteiger partial charge in [-0.2, -0.15) is 0 Å². The Morgan fingerprint density at radius 1 is 1.28 bits per heavy atom. The van der Waals surface area contributed by atoms with Gasteiger partial charge in [-0.25, -0.2) is 4.79 Å². The number of rotatable bonds is 6. The highest BCUT2D eigenvalue weighted by atomic mass is 16.5. The highest BCUT2D eigenvalue weighted by Gasteiger charge is 2.27. The monoisotopic (exact) mass is 341 g/mol. The molecule has 1 unspecified atom stereocenters. The minimum Gasteiger partial charge on any atom is -0.488 e. The van der Waals surface area contributed by atoms with Crippen LogP contribution in [0.5, 0.6) is 5.75 Å². The van der Waals surface area contributed by atoms with Crippen molar-refractivity contribution >= 4 is 5.91 Å². The lowest BCUT2D eigenvalue weighted by atomic mass is 10.1. The number of benzene rings is 1. The van der Waals surface area contributed by atoms with Gasteiger partial charge < -0.3 is 14.1 Å². The van der Waals surface area contributed by atoms with Crippen molar-refractivity contribution in [3.8, 4) is 5.75 Å². The van der Waals surface area contributed by atoms with Gasteiger partial charge in [0.2, 0.25) is 5.91 Å². The van der Waals surface area contributed by atoms with Crippen LogP contribution in [0.3, 0.4) is 0 Å². The standard InChI is InChI=1S/C20H23NO4/c1-15-12-18(13-20(23)24-15)25-17-10-11-21(14-17)19(22)9-5-8-16-6-3-2-4-7-16/h2-4,6-7,12-13,17H,5,8-11,14H2,1H3. The summed E-state index contributed by atoms with van der Waals surface area (Å²) in [5.41, 5.74) is 0.845. The zero-order chi connectivity index (χ0) is 17.6. The number of ether oxygens (including phenoxy) is 1. The highest BCUT2D eigenvalue weighted by molar-refractivity contribution is 5.76. The molecule has 0 radical (unpaired) electrons. The van der Waals surface area contributed by atoms with Crippen LogP contribution >= 0.6 is 0 Å². The van der Waals surface area contributed by atoms with E-state index in [1.54, 1.807) is 13.0 Å². The van der Waals surface area contributed by atoms with Crippen molar-refractivity contribution in [3.63, 3.8) is 0 Å². The Labute approximate surface area is 147 Å². The Bertz CT molecular complexity index is 769. The van der Waals surface area contributed by atoms with Gasteiger partial charge in [0.05, 0.1) is 12.6 Å². The normalized spacial score (nSPS) is 16.8. The lowest BCUT2D eigenvalue weighted by molar-refractivity contribution is -0.130. The average Bonchev–Trinajstić information content (AvgIpc) is 3.03. The maximum absolute atomic E-state index is 12.3. The largest absolute Gasteiger partial charge is 0.488 e. The summed E-state index contributed by atoms with van der Waals surface area (Å²) in [6, 6.07) is 13.3. The second-order valence-electron chi connectivity index (χ2n) is 6.43. The van der Waals surface area contributed by atoms with Crippen LogP contribution in [0.15, 0.2) is 51.7 Å². The van der Waals surface area contributed by atoms with E-state index in [1.807, 2.05) is 23.1 Å². The summed E-state index contributed by atoms with van der Waals surface area (Å²) in [4.78, 5) is 25.6. The molecule has 0 saturated carbocycles. The number of likely N-dealkylation sites (tertiary alicyclic amines) is 1. The molecule has 2 aromatic rings. The number of carbonyl (C=O) groups excluding carboxylic acids is 1. The molecule has 2 heterocycles. The van der Waals surface area contributed by atoms with Crippen LogP contribution in [-0.2, 0) is 11.2 Å². The predicted molar refractivity (Wildman–Crippen MR) is 94.7 cm³/mol. The molecule has 0 spiro atoms. The van der Waals surface area contributed by atoms with E-state index in [1.165, 1.54) is 11.6 Å². The molecule has 1 aromatic carbocycles. The zero-order valence-electron chi connectivity index (χ0n) is 14.4. The Hall–Kier alpha value is -2.56. The molecule has 1 aliphatic heterocycles. The first-order valence-corrected chi connectivity index (χ1v) is 8.70. The molecule has 1 amide bonds. The maximum Gasteiger partial charge on any atom is 0.339 e. The molecule has 25 heavy (non-hydrogen) atoms. The summed E-state index contributed by atoms with van der Waals surface area (Å²) in [7, 11) is 0. The molecule has 1 atom stereocenters. The molecule has 1 aliphatic rings. The van der Waals surface area contributed by atoms with E-state index in [0.29, 0.717) is 31.0 Å². The van der Waals surface area contributed by atoms with E-state index >= 15 is 0 Å². The van der Waals surface area contributed by atoms with Gasteiger partial charge in [-0.15, -0.1) is 0 Å². The minimum atomic E-state index is -0.415. The Kier molecular flexibility index (Phi) is 5.53. The fraction of sp³-hybridized carbons (Fsp3) is 0.400. The molecule has 1 fully saturated rings. The summed E-state index contributed by atoms with van der Waals surface area (Å²) in [5, 5.41) is 0. The molecule has 0 N–H and O–H groups in total. The van der Waals surface area contributed by atoms with Crippen LogP contribution in [-0.4, -0.2) is 30.0 Å². The number of hydrogen-bond donors (Lipinski definition) is 0. The molecule has 5 heteroatoms. The molecular formula is C20H23NO4. The van der Waals surface area contributed by atoms with E-state index in [2.05, 4.69) is 12.1 Å². The van der Waals surface area contributed by atoms with Crippen LogP contribution in [0.25, 0.3) is 0 Å². The first-order chi connectivity index (χ1) is 12.1. The van der Waals surface area contributed by atoms with E-state index in [-0.39, 0.29) is 12.0 Å². The second-order valence-corrected chi connectivity index (χ2v) is 6.43. The van der Waals surface area contributed by atoms with Crippen LogP contribution in [0.4, 0.5) is 0 Å². The molecule has 5 nitrogen and oxygen atoms in total. The highest BCUT2D eigenvalue weighted by Crippen LogP contribution is 2.19. The van der Waals surface area contributed by atoms with E-state index in [9.17, 15) is 9.59 Å². The van der Waals surface area contributed by atoms with Gasteiger partial charge in [0.25, 0.3) is 0 Å². The third kappa shape index (κ3) is 4.95. The van der Waals surface area contributed by atoms with E-state index in [4.69, 9.17) is 9.15 Å². The van der Waals surface area contributed by atoms with Gasteiger partial charge in [-0.1, -0.05) is 30.3 Å². The summed E-state index contributed by atoms with van der Waals surface area (Å²) in [6.45, 7) is 2.99. The van der Waals surface area contributed by atoms with Crippen LogP contribution < -0.4 is 10.4 Å². The molecule has 1 aromatic heterocycles. The molecule has 0 bridgehead atoms. The fourth-order valence-electron chi connectivity index (χ4n) is 3.13. The van der Waals surface area contributed by atoms with Gasteiger partial charge in [0.15, 0.2) is 0 Å². The molecule has 3 rings (SSSR count). The third-order valence-corrected chi connectivity index (χ3v) is 4.37. The first-order valence-electron chi connectivity index (χ1n) is 8.70. The number of carbonyl (C=O) groups is 1. The Morgan fingerprint density at radius 3 is 2.84 bits per heavy atom. The number of nitrogens with zero attached hydrogens (tertiary/aromatic N) is 1. The van der Waals surface area contributed by atoms with Gasteiger partial charge in [-0.05, 0) is 25.3 Å². The van der Waals surface area contributed by atoms with Crippen molar-refractivity contribution in [2.45, 2.75) is 38.7 Å². The molecule has 0 aliphatic carbocycles. The summed E-state index contributed by atoms with van der Waals surface area (Å²) < 4.78 is 10.8. The van der Waals surface area contributed by atoms with Crippen molar-refractivity contribution in [1.82, 2.24) is 4.90 Å². The maximum atomic E-state index is 12.3. The SMILES string of the molecule is Cc1cc(OC2CCN(C(=O)CCCc3ccccc3)C2)cc(=O)o1. The molecule has 132 valence electrons. The predicted octanol–water partition coefficient (Wildman–Crippen LogP) is 2.95. The smallest absolute Gasteiger partial charge is 0.339 e. The topological polar surface area (TPSA) is 59.8 Å². The average molecular weight is 341 g/mol. The van der Waals surface area contributed by atoms with Crippen molar-refractivity contribution in [2.75, 3.05) is 13.1 Å². The first kappa shape index (κ1) is 17.3. The third-order valence-electron chi connectivity index (χ3n) is 4.37. The van der Waals surface area contributed by atoms with Gasteiger partial charge in [0, 0.05) is 25.5 Å². The van der Waals surface area contributed by atoms with Crippen molar-refractivity contribution in [1.29, 1.82) is 0 Å². The lowest BCUT2D eigenvalue weighted by Gasteiger charge is -2.17. The zero-order valence-corrected chi connectivity index (χ0v) is 14.4. The minimum absolute atomic E-state index is 0.0701.